The number of rotatable bonds is 4. The number of carboxylic acids is 1. The van der Waals surface area contributed by atoms with Gasteiger partial charge in [0.05, 0.1) is 17.4 Å². The second kappa shape index (κ2) is 6.37. The Morgan fingerprint density at radius 3 is 2.40 bits per heavy atom. The van der Waals surface area contributed by atoms with Crippen LogP contribution in [0.2, 0.25) is 0 Å². The monoisotopic (exact) mass is 283 g/mol. The van der Waals surface area contributed by atoms with Crippen molar-refractivity contribution in [3.8, 4) is 0 Å². The number of nitrogens with one attached hydrogen (secondary N) is 1. The quantitative estimate of drug-likeness (QED) is 0.645. The van der Waals surface area contributed by atoms with Crippen LogP contribution < -0.4 is 5.32 Å². The van der Waals surface area contributed by atoms with Gasteiger partial charge in [0.2, 0.25) is 5.91 Å². The third-order valence-electron chi connectivity index (χ3n) is 4.10. The van der Waals surface area contributed by atoms with Gasteiger partial charge in [-0.3, -0.25) is 9.59 Å². The van der Waals surface area contributed by atoms with E-state index >= 15 is 0 Å². The van der Waals surface area contributed by atoms with Gasteiger partial charge in [-0.05, 0) is 12.8 Å². The van der Waals surface area contributed by atoms with Crippen molar-refractivity contribution >= 4 is 11.9 Å². The summed E-state index contributed by atoms with van der Waals surface area (Å²) >= 11 is 0. The number of carboxylic acid groups (broad SMARTS) is 1. The van der Waals surface area contributed by atoms with Gasteiger partial charge in [0.25, 0.3) is 0 Å². The Labute approximate surface area is 117 Å². The first-order valence-electron chi connectivity index (χ1n) is 6.97. The zero-order valence-electron chi connectivity index (χ0n) is 11.4. The molecule has 2 aliphatic rings. The first-order valence-corrected chi connectivity index (χ1v) is 6.97. The molecule has 0 aromatic carbocycles. The fourth-order valence-corrected chi connectivity index (χ4v) is 2.69. The summed E-state index contributed by atoms with van der Waals surface area (Å²) in [5.41, 5.74) is -0.933. The van der Waals surface area contributed by atoms with Crippen LogP contribution in [0.15, 0.2) is 12.2 Å². The minimum atomic E-state index is -0.945. The summed E-state index contributed by atoms with van der Waals surface area (Å²) in [6.07, 6.45) is 5.43. The van der Waals surface area contributed by atoms with Crippen molar-refractivity contribution in [1.82, 2.24) is 5.32 Å². The number of hydrogen-bond donors (Lipinski definition) is 3. The minimum Gasteiger partial charge on any atom is -0.481 e. The molecule has 6 heteroatoms. The summed E-state index contributed by atoms with van der Waals surface area (Å²) in [4.78, 5) is 23.3. The van der Waals surface area contributed by atoms with Crippen LogP contribution in [0.25, 0.3) is 0 Å². The Kier molecular flexibility index (Phi) is 4.77. The summed E-state index contributed by atoms with van der Waals surface area (Å²) in [5, 5.41) is 22.1. The molecule has 1 aliphatic carbocycles. The van der Waals surface area contributed by atoms with Crippen molar-refractivity contribution in [1.29, 1.82) is 0 Å². The number of carbonyl (C=O) groups excluding carboxylic acids is 1. The number of hydrogen-bond acceptors (Lipinski definition) is 4. The molecule has 0 radical (unpaired) electrons. The third kappa shape index (κ3) is 3.58. The largest absolute Gasteiger partial charge is 0.481 e. The predicted molar refractivity (Wildman–Crippen MR) is 71.0 cm³/mol. The molecule has 1 amide bonds. The highest BCUT2D eigenvalue weighted by Crippen LogP contribution is 2.26. The van der Waals surface area contributed by atoms with Crippen LogP contribution in [0.3, 0.4) is 0 Å². The molecule has 0 aromatic heterocycles. The zero-order valence-corrected chi connectivity index (χ0v) is 11.4. The standard InChI is InChI=1S/C14H21NO5/c16-12(10-3-1-2-4-11(10)13(17)18)15-9-14(19)5-7-20-8-6-14/h1-2,10-11,19H,3-9H2,(H,15,16)(H,17,18)/t10-,11+/m1/s1. The van der Waals surface area contributed by atoms with E-state index in [-0.39, 0.29) is 12.5 Å². The number of ether oxygens (including phenoxy) is 1. The molecule has 1 heterocycles. The maximum atomic E-state index is 12.1. The van der Waals surface area contributed by atoms with Crippen molar-refractivity contribution in [2.24, 2.45) is 11.8 Å². The zero-order chi connectivity index (χ0) is 14.6. The van der Waals surface area contributed by atoms with E-state index in [2.05, 4.69) is 5.32 Å². The summed E-state index contributed by atoms with van der Waals surface area (Å²) in [5.74, 6) is -2.47. The maximum Gasteiger partial charge on any atom is 0.307 e. The van der Waals surface area contributed by atoms with Crippen LogP contribution in [0.4, 0.5) is 0 Å². The topological polar surface area (TPSA) is 95.9 Å². The molecule has 2 atom stereocenters. The maximum absolute atomic E-state index is 12.1. The smallest absolute Gasteiger partial charge is 0.307 e. The molecule has 0 aromatic rings. The van der Waals surface area contributed by atoms with Crippen molar-refractivity contribution in [3.05, 3.63) is 12.2 Å². The van der Waals surface area contributed by atoms with Crippen LogP contribution >= 0.6 is 0 Å². The molecule has 6 nitrogen and oxygen atoms in total. The van der Waals surface area contributed by atoms with Crippen LogP contribution in [-0.4, -0.2) is 47.4 Å². The minimum absolute atomic E-state index is 0.155. The second-order valence-electron chi connectivity index (χ2n) is 5.55. The first-order chi connectivity index (χ1) is 9.52. The van der Waals surface area contributed by atoms with E-state index in [0.29, 0.717) is 38.9 Å². The van der Waals surface area contributed by atoms with E-state index in [0.717, 1.165) is 0 Å². The number of aliphatic carboxylic acids is 1. The summed E-state index contributed by atoms with van der Waals surface area (Å²) in [6, 6.07) is 0. The Bertz CT molecular complexity index is 400. The highest BCUT2D eigenvalue weighted by molar-refractivity contribution is 5.85. The van der Waals surface area contributed by atoms with Gasteiger partial charge >= 0.3 is 5.97 Å². The normalized spacial score (nSPS) is 28.9. The molecule has 0 unspecified atom stereocenters. The molecule has 1 fully saturated rings. The van der Waals surface area contributed by atoms with Gasteiger partial charge in [-0.1, -0.05) is 12.2 Å². The van der Waals surface area contributed by atoms with Gasteiger partial charge in [0.15, 0.2) is 0 Å². The van der Waals surface area contributed by atoms with Crippen LogP contribution in [0.5, 0.6) is 0 Å². The lowest BCUT2D eigenvalue weighted by molar-refractivity contribution is -0.147. The third-order valence-corrected chi connectivity index (χ3v) is 4.10. The highest BCUT2D eigenvalue weighted by atomic mass is 16.5. The Hall–Kier alpha value is -1.40. The predicted octanol–water partition coefficient (Wildman–Crippen LogP) is 0.311. The molecule has 0 bridgehead atoms. The van der Waals surface area contributed by atoms with Crippen LogP contribution in [0.1, 0.15) is 25.7 Å². The SMILES string of the molecule is O=C(O)[C@H]1CC=CC[C@H]1C(=O)NCC1(O)CCOCC1. The molecule has 0 saturated carbocycles. The number of aliphatic hydroxyl groups is 1. The van der Waals surface area contributed by atoms with E-state index in [4.69, 9.17) is 9.84 Å². The fourth-order valence-electron chi connectivity index (χ4n) is 2.69. The number of allylic oxidation sites excluding steroid dienone is 2. The van der Waals surface area contributed by atoms with Crippen molar-refractivity contribution in [2.75, 3.05) is 19.8 Å². The molecular formula is C14H21NO5. The molecule has 3 N–H and O–H groups in total. The molecule has 20 heavy (non-hydrogen) atoms. The Morgan fingerprint density at radius 2 is 1.80 bits per heavy atom. The summed E-state index contributed by atoms with van der Waals surface area (Å²) in [7, 11) is 0. The second-order valence-corrected chi connectivity index (χ2v) is 5.55. The molecule has 0 spiro atoms. The van der Waals surface area contributed by atoms with Gasteiger partial charge < -0.3 is 20.3 Å². The molecular weight excluding hydrogens is 262 g/mol. The Morgan fingerprint density at radius 1 is 1.20 bits per heavy atom. The van der Waals surface area contributed by atoms with Crippen LogP contribution in [-0.2, 0) is 14.3 Å². The molecule has 1 saturated heterocycles. The van der Waals surface area contributed by atoms with Gasteiger partial charge in [0, 0.05) is 32.6 Å². The first kappa shape index (κ1) is 15.0. The molecule has 2 rings (SSSR count). The lowest BCUT2D eigenvalue weighted by Crippen LogP contribution is -2.49. The van der Waals surface area contributed by atoms with Gasteiger partial charge in [0.1, 0.15) is 0 Å². The number of amides is 1. The van der Waals surface area contributed by atoms with Crippen molar-refractivity contribution < 1.29 is 24.5 Å². The highest BCUT2D eigenvalue weighted by Gasteiger charge is 2.36. The van der Waals surface area contributed by atoms with Gasteiger partial charge in [-0.15, -0.1) is 0 Å². The van der Waals surface area contributed by atoms with Crippen molar-refractivity contribution in [3.63, 3.8) is 0 Å². The fraction of sp³-hybridized carbons (Fsp3) is 0.714. The average Bonchev–Trinajstić information content (AvgIpc) is 2.45. The van der Waals surface area contributed by atoms with Gasteiger partial charge in [-0.25, -0.2) is 0 Å². The lowest BCUT2D eigenvalue weighted by atomic mass is 9.82. The number of carbonyl (C=O) groups is 2. The van der Waals surface area contributed by atoms with E-state index in [9.17, 15) is 14.7 Å². The van der Waals surface area contributed by atoms with E-state index < -0.39 is 23.4 Å². The van der Waals surface area contributed by atoms with Crippen molar-refractivity contribution in [2.45, 2.75) is 31.3 Å². The summed E-state index contributed by atoms with van der Waals surface area (Å²) < 4.78 is 5.18. The Balaban J connectivity index is 1.90. The average molecular weight is 283 g/mol. The van der Waals surface area contributed by atoms with Gasteiger partial charge in [-0.2, -0.15) is 0 Å². The van der Waals surface area contributed by atoms with Crippen LogP contribution in [0, 0.1) is 11.8 Å². The molecule has 1 aliphatic heterocycles. The summed E-state index contributed by atoms with van der Waals surface area (Å²) in [6.45, 7) is 1.12. The lowest BCUT2D eigenvalue weighted by Gasteiger charge is -2.33. The van der Waals surface area contributed by atoms with E-state index in [1.807, 2.05) is 6.08 Å². The van der Waals surface area contributed by atoms with E-state index in [1.54, 1.807) is 6.08 Å². The molecule has 112 valence electrons. The van der Waals surface area contributed by atoms with E-state index in [1.165, 1.54) is 0 Å².